The Morgan fingerprint density at radius 3 is 2.78 bits per heavy atom. The van der Waals surface area contributed by atoms with E-state index >= 15 is 0 Å². The van der Waals surface area contributed by atoms with E-state index in [1.54, 1.807) is 30.3 Å². The minimum absolute atomic E-state index is 0.135. The summed E-state index contributed by atoms with van der Waals surface area (Å²) >= 11 is 0. The number of hydrogen-bond acceptors (Lipinski definition) is 3. The van der Waals surface area contributed by atoms with Crippen molar-refractivity contribution in [3.8, 4) is 5.88 Å². The smallest absolute Gasteiger partial charge is 0.318 e. The lowest BCUT2D eigenvalue weighted by molar-refractivity contribution is 0.200. The quantitative estimate of drug-likeness (QED) is 0.800. The highest BCUT2D eigenvalue weighted by Crippen LogP contribution is 2.09. The SMILES string of the molecule is C=CCN(Cc1ccccc1)C(=O)NCc1ccnc(OC)c1. The zero-order chi connectivity index (χ0) is 16.5. The molecule has 0 fully saturated rings. The monoisotopic (exact) mass is 311 g/mol. The number of benzene rings is 1. The molecule has 2 aromatic rings. The molecule has 0 spiro atoms. The highest BCUT2D eigenvalue weighted by atomic mass is 16.5. The Morgan fingerprint density at radius 2 is 2.09 bits per heavy atom. The fourth-order valence-electron chi connectivity index (χ4n) is 2.14. The Morgan fingerprint density at radius 1 is 1.30 bits per heavy atom. The van der Waals surface area contributed by atoms with Gasteiger partial charge in [-0.15, -0.1) is 6.58 Å². The summed E-state index contributed by atoms with van der Waals surface area (Å²) in [6, 6.07) is 13.4. The molecule has 0 aliphatic rings. The number of rotatable bonds is 7. The zero-order valence-electron chi connectivity index (χ0n) is 13.2. The van der Waals surface area contributed by atoms with Gasteiger partial charge < -0.3 is 15.0 Å². The van der Waals surface area contributed by atoms with Crippen molar-refractivity contribution < 1.29 is 9.53 Å². The number of carbonyl (C=O) groups is 1. The van der Waals surface area contributed by atoms with Crippen LogP contribution in [0.15, 0.2) is 61.3 Å². The van der Waals surface area contributed by atoms with Crippen LogP contribution in [0.5, 0.6) is 5.88 Å². The molecule has 5 heteroatoms. The van der Waals surface area contributed by atoms with Gasteiger partial charge in [0.25, 0.3) is 0 Å². The van der Waals surface area contributed by atoms with Crippen molar-refractivity contribution in [3.05, 3.63) is 72.4 Å². The third kappa shape index (κ3) is 5.14. The molecule has 2 amide bonds. The topological polar surface area (TPSA) is 54.5 Å². The predicted octanol–water partition coefficient (Wildman–Crippen LogP) is 2.99. The number of hydrogen-bond donors (Lipinski definition) is 1. The van der Waals surface area contributed by atoms with Gasteiger partial charge in [-0.1, -0.05) is 36.4 Å². The molecule has 0 bridgehead atoms. The Kier molecular flexibility index (Phi) is 6.17. The maximum atomic E-state index is 12.4. The Bertz CT molecular complexity index is 644. The number of nitrogens with one attached hydrogen (secondary N) is 1. The molecule has 2 rings (SSSR count). The van der Waals surface area contributed by atoms with Crippen LogP contribution < -0.4 is 10.1 Å². The summed E-state index contributed by atoms with van der Waals surface area (Å²) in [6.07, 6.45) is 3.38. The summed E-state index contributed by atoms with van der Waals surface area (Å²) in [5.74, 6) is 0.531. The Hall–Kier alpha value is -2.82. The van der Waals surface area contributed by atoms with Gasteiger partial charge in [-0.2, -0.15) is 0 Å². The maximum Gasteiger partial charge on any atom is 0.318 e. The summed E-state index contributed by atoms with van der Waals surface area (Å²) in [5, 5.41) is 2.91. The second kappa shape index (κ2) is 8.58. The molecule has 0 atom stereocenters. The first-order chi connectivity index (χ1) is 11.2. The van der Waals surface area contributed by atoms with Crippen LogP contribution in [0.4, 0.5) is 4.79 Å². The van der Waals surface area contributed by atoms with Crippen molar-refractivity contribution >= 4 is 6.03 Å². The molecule has 0 radical (unpaired) electrons. The summed E-state index contributed by atoms with van der Waals surface area (Å²) in [5.41, 5.74) is 2.01. The third-order valence-electron chi connectivity index (χ3n) is 3.31. The highest BCUT2D eigenvalue weighted by molar-refractivity contribution is 5.74. The normalized spacial score (nSPS) is 9.96. The van der Waals surface area contributed by atoms with Gasteiger partial charge in [-0.25, -0.2) is 9.78 Å². The Labute approximate surface area is 136 Å². The second-order valence-electron chi connectivity index (χ2n) is 5.02. The molecule has 0 aliphatic heterocycles. The van der Waals surface area contributed by atoms with Crippen molar-refractivity contribution in [3.63, 3.8) is 0 Å². The van der Waals surface area contributed by atoms with Crippen LogP contribution in [0.1, 0.15) is 11.1 Å². The zero-order valence-corrected chi connectivity index (χ0v) is 13.2. The van der Waals surface area contributed by atoms with Crippen molar-refractivity contribution in [1.82, 2.24) is 15.2 Å². The summed E-state index contributed by atoms with van der Waals surface area (Å²) < 4.78 is 5.08. The fourth-order valence-corrected chi connectivity index (χ4v) is 2.14. The molecule has 0 saturated carbocycles. The predicted molar refractivity (Wildman–Crippen MR) is 90.1 cm³/mol. The lowest BCUT2D eigenvalue weighted by Crippen LogP contribution is -2.39. The molecule has 0 saturated heterocycles. The molecule has 0 aliphatic carbocycles. The van der Waals surface area contributed by atoms with E-state index in [9.17, 15) is 4.79 Å². The fraction of sp³-hybridized carbons (Fsp3) is 0.222. The van der Waals surface area contributed by atoms with E-state index in [-0.39, 0.29) is 6.03 Å². The van der Waals surface area contributed by atoms with Crippen LogP contribution in [-0.2, 0) is 13.1 Å². The van der Waals surface area contributed by atoms with Gasteiger partial charge in [0.2, 0.25) is 5.88 Å². The molecule has 0 unspecified atom stereocenters. The van der Waals surface area contributed by atoms with Gasteiger partial charge in [0.1, 0.15) is 0 Å². The number of urea groups is 1. The van der Waals surface area contributed by atoms with Crippen LogP contribution in [0.25, 0.3) is 0 Å². The van der Waals surface area contributed by atoms with Gasteiger partial charge in [-0.3, -0.25) is 0 Å². The van der Waals surface area contributed by atoms with Crippen LogP contribution >= 0.6 is 0 Å². The number of aromatic nitrogens is 1. The maximum absolute atomic E-state index is 12.4. The first-order valence-corrected chi connectivity index (χ1v) is 7.39. The van der Waals surface area contributed by atoms with Gasteiger partial charge in [0.05, 0.1) is 7.11 Å². The van der Waals surface area contributed by atoms with Crippen LogP contribution in [-0.4, -0.2) is 29.6 Å². The minimum Gasteiger partial charge on any atom is -0.481 e. The van der Waals surface area contributed by atoms with E-state index in [1.807, 2.05) is 36.4 Å². The number of nitrogens with zero attached hydrogens (tertiary/aromatic N) is 2. The van der Waals surface area contributed by atoms with Crippen molar-refractivity contribution in [2.75, 3.05) is 13.7 Å². The minimum atomic E-state index is -0.135. The third-order valence-corrected chi connectivity index (χ3v) is 3.31. The molecule has 1 N–H and O–H groups in total. The largest absolute Gasteiger partial charge is 0.481 e. The molecule has 1 aromatic carbocycles. The van der Waals surface area contributed by atoms with Crippen LogP contribution in [0, 0.1) is 0 Å². The molecular weight excluding hydrogens is 290 g/mol. The summed E-state index contributed by atoms with van der Waals surface area (Å²) in [6.45, 7) is 5.16. The molecular formula is C18H21N3O2. The van der Waals surface area contributed by atoms with E-state index in [0.29, 0.717) is 25.5 Å². The molecule has 5 nitrogen and oxygen atoms in total. The lowest BCUT2D eigenvalue weighted by atomic mass is 10.2. The average molecular weight is 311 g/mol. The van der Waals surface area contributed by atoms with E-state index in [2.05, 4.69) is 16.9 Å². The summed E-state index contributed by atoms with van der Waals surface area (Å²) in [7, 11) is 1.57. The number of amides is 2. The van der Waals surface area contributed by atoms with E-state index in [0.717, 1.165) is 11.1 Å². The van der Waals surface area contributed by atoms with Gasteiger partial charge in [0.15, 0.2) is 0 Å². The molecule has 120 valence electrons. The number of carbonyl (C=O) groups excluding carboxylic acids is 1. The van der Waals surface area contributed by atoms with Gasteiger partial charge >= 0.3 is 6.03 Å². The van der Waals surface area contributed by atoms with Crippen LogP contribution in [0.3, 0.4) is 0 Å². The molecule has 1 aromatic heterocycles. The average Bonchev–Trinajstić information content (AvgIpc) is 2.60. The van der Waals surface area contributed by atoms with Gasteiger partial charge in [0, 0.05) is 31.9 Å². The lowest BCUT2D eigenvalue weighted by Gasteiger charge is -2.22. The first-order valence-electron chi connectivity index (χ1n) is 7.39. The standard InChI is InChI=1S/C18H21N3O2/c1-3-11-21(14-15-7-5-4-6-8-15)18(22)20-13-16-9-10-19-17(12-16)23-2/h3-10,12H,1,11,13-14H2,2H3,(H,20,22). The highest BCUT2D eigenvalue weighted by Gasteiger charge is 2.12. The number of pyridine rings is 1. The van der Waals surface area contributed by atoms with E-state index in [1.165, 1.54) is 0 Å². The van der Waals surface area contributed by atoms with Crippen LogP contribution in [0.2, 0.25) is 0 Å². The Balaban J connectivity index is 1.96. The van der Waals surface area contributed by atoms with Gasteiger partial charge in [-0.05, 0) is 17.2 Å². The number of ether oxygens (including phenoxy) is 1. The van der Waals surface area contributed by atoms with Crippen molar-refractivity contribution in [2.45, 2.75) is 13.1 Å². The van der Waals surface area contributed by atoms with E-state index in [4.69, 9.17) is 4.74 Å². The van der Waals surface area contributed by atoms with Crippen molar-refractivity contribution in [2.24, 2.45) is 0 Å². The molecule has 1 heterocycles. The molecule has 23 heavy (non-hydrogen) atoms. The summed E-state index contributed by atoms with van der Waals surface area (Å²) in [4.78, 5) is 18.1. The van der Waals surface area contributed by atoms with Crippen molar-refractivity contribution in [1.29, 1.82) is 0 Å². The van der Waals surface area contributed by atoms with E-state index < -0.39 is 0 Å². The second-order valence-corrected chi connectivity index (χ2v) is 5.02. The number of methoxy groups -OCH3 is 1. The first kappa shape index (κ1) is 16.5.